The molecule has 1 aromatic rings. The van der Waals surface area contributed by atoms with Crippen molar-refractivity contribution in [1.29, 1.82) is 0 Å². The van der Waals surface area contributed by atoms with Crippen molar-refractivity contribution in [2.24, 2.45) is 0 Å². The predicted molar refractivity (Wildman–Crippen MR) is 56.0 cm³/mol. The fourth-order valence-corrected chi connectivity index (χ4v) is 1.82. The molecule has 1 atom stereocenters. The van der Waals surface area contributed by atoms with Gasteiger partial charge in [0.1, 0.15) is 0 Å². The van der Waals surface area contributed by atoms with Crippen molar-refractivity contribution in [3.63, 3.8) is 0 Å². The molecule has 0 radical (unpaired) electrons. The standard InChI is InChI=1S/C9H12N2O3S/c1-5(3-8(12)13)10-9(14)7-4-15-11-6(7)2/h4-5H,3H2,1-2H3,(H,10,14)(H,12,13). The van der Waals surface area contributed by atoms with Gasteiger partial charge in [0.2, 0.25) is 0 Å². The van der Waals surface area contributed by atoms with Gasteiger partial charge in [0.25, 0.3) is 5.91 Å². The van der Waals surface area contributed by atoms with Crippen molar-refractivity contribution >= 4 is 23.4 Å². The van der Waals surface area contributed by atoms with Gasteiger partial charge in [0.15, 0.2) is 0 Å². The quantitative estimate of drug-likeness (QED) is 0.807. The number of aromatic nitrogens is 1. The first-order valence-electron chi connectivity index (χ1n) is 4.44. The minimum Gasteiger partial charge on any atom is -0.481 e. The SMILES string of the molecule is Cc1nscc1C(=O)NC(C)CC(=O)O. The van der Waals surface area contributed by atoms with E-state index < -0.39 is 5.97 Å². The van der Waals surface area contributed by atoms with E-state index in [0.717, 1.165) is 0 Å². The monoisotopic (exact) mass is 228 g/mol. The maximum Gasteiger partial charge on any atom is 0.305 e. The molecule has 1 unspecified atom stereocenters. The number of carboxylic acids is 1. The average molecular weight is 228 g/mol. The lowest BCUT2D eigenvalue weighted by atomic mass is 10.2. The largest absolute Gasteiger partial charge is 0.481 e. The number of carboxylic acid groups (broad SMARTS) is 1. The number of nitrogens with one attached hydrogen (secondary N) is 1. The highest BCUT2D eigenvalue weighted by atomic mass is 32.1. The van der Waals surface area contributed by atoms with Gasteiger partial charge in [-0.25, -0.2) is 0 Å². The van der Waals surface area contributed by atoms with E-state index >= 15 is 0 Å². The molecule has 1 aromatic heterocycles. The third kappa shape index (κ3) is 3.32. The van der Waals surface area contributed by atoms with Crippen LogP contribution in [0.15, 0.2) is 5.38 Å². The van der Waals surface area contributed by atoms with E-state index in [1.807, 2.05) is 0 Å². The molecule has 1 rings (SSSR count). The topological polar surface area (TPSA) is 79.3 Å². The summed E-state index contributed by atoms with van der Waals surface area (Å²) in [5, 5.41) is 12.8. The molecule has 1 heterocycles. The van der Waals surface area contributed by atoms with Crippen molar-refractivity contribution < 1.29 is 14.7 Å². The molecule has 15 heavy (non-hydrogen) atoms. The molecule has 0 bridgehead atoms. The highest BCUT2D eigenvalue weighted by Crippen LogP contribution is 2.09. The molecule has 5 nitrogen and oxygen atoms in total. The summed E-state index contributed by atoms with van der Waals surface area (Å²) in [4.78, 5) is 22.0. The zero-order valence-electron chi connectivity index (χ0n) is 8.48. The summed E-state index contributed by atoms with van der Waals surface area (Å²) in [7, 11) is 0. The molecule has 0 aliphatic carbocycles. The van der Waals surface area contributed by atoms with Crippen LogP contribution in [0, 0.1) is 6.92 Å². The molecular formula is C9H12N2O3S. The Morgan fingerprint density at radius 1 is 1.67 bits per heavy atom. The molecule has 0 aromatic carbocycles. The average Bonchev–Trinajstić information content (AvgIpc) is 2.49. The Balaban J connectivity index is 2.56. The lowest BCUT2D eigenvalue weighted by Gasteiger charge is -2.10. The smallest absolute Gasteiger partial charge is 0.305 e. The Hall–Kier alpha value is -1.43. The molecule has 82 valence electrons. The molecule has 0 saturated heterocycles. The Morgan fingerprint density at radius 3 is 2.80 bits per heavy atom. The Bertz CT molecular complexity index is 375. The number of amides is 1. The molecule has 0 aliphatic rings. The second-order valence-electron chi connectivity index (χ2n) is 3.29. The first-order chi connectivity index (χ1) is 7.00. The molecule has 0 fully saturated rings. The van der Waals surface area contributed by atoms with Crippen LogP contribution in [0.5, 0.6) is 0 Å². The maximum absolute atomic E-state index is 11.6. The van der Waals surface area contributed by atoms with Gasteiger partial charge >= 0.3 is 5.97 Å². The van der Waals surface area contributed by atoms with Gasteiger partial charge in [0.05, 0.1) is 17.7 Å². The van der Waals surface area contributed by atoms with Crippen LogP contribution in [0.2, 0.25) is 0 Å². The minimum absolute atomic E-state index is 0.0810. The first kappa shape index (κ1) is 11.6. The highest BCUT2D eigenvalue weighted by molar-refractivity contribution is 7.03. The second kappa shape index (κ2) is 4.88. The summed E-state index contributed by atoms with van der Waals surface area (Å²) >= 11 is 1.21. The van der Waals surface area contributed by atoms with Crippen LogP contribution in [0.25, 0.3) is 0 Å². The summed E-state index contributed by atoms with van der Waals surface area (Å²) in [6.07, 6.45) is -0.0810. The number of carbonyl (C=O) groups is 2. The van der Waals surface area contributed by atoms with Crippen molar-refractivity contribution in [2.75, 3.05) is 0 Å². The molecule has 2 N–H and O–H groups in total. The number of hydrogen-bond acceptors (Lipinski definition) is 4. The van der Waals surface area contributed by atoms with Gasteiger partial charge in [-0.05, 0) is 25.4 Å². The third-order valence-corrected chi connectivity index (χ3v) is 2.57. The highest BCUT2D eigenvalue weighted by Gasteiger charge is 2.15. The third-order valence-electron chi connectivity index (χ3n) is 1.85. The number of carbonyl (C=O) groups excluding carboxylic acids is 1. The summed E-state index contributed by atoms with van der Waals surface area (Å²) in [5.41, 5.74) is 1.18. The summed E-state index contributed by atoms with van der Waals surface area (Å²) in [6.45, 7) is 3.40. The summed E-state index contributed by atoms with van der Waals surface area (Å²) < 4.78 is 3.97. The van der Waals surface area contributed by atoms with Crippen molar-refractivity contribution in [3.8, 4) is 0 Å². The van der Waals surface area contributed by atoms with Gasteiger partial charge < -0.3 is 10.4 Å². The minimum atomic E-state index is -0.928. The van der Waals surface area contributed by atoms with E-state index in [2.05, 4.69) is 9.69 Å². The summed E-state index contributed by atoms with van der Waals surface area (Å²) in [5.74, 6) is -1.20. The number of hydrogen-bond donors (Lipinski definition) is 2. The molecule has 6 heteroatoms. The zero-order valence-corrected chi connectivity index (χ0v) is 9.30. The number of rotatable bonds is 4. The molecule has 1 amide bonds. The van der Waals surface area contributed by atoms with Crippen LogP contribution in [-0.4, -0.2) is 27.4 Å². The Kier molecular flexibility index (Phi) is 3.79. The van der Waals surface area contributed by atoms with E-state index in [-0.39, 0.29) is 18.4 Å². The van der Waals surface area contributed by atoms with Gasteiger partial charge in [-0.15, -0.1) is 0 Å². The Labute approximate surface area is 91.3 Å². The second-order valence-corrected chi connectivity index (χ2v) is 3.92. The fraction of sp³-hybridized carbons (Fsp3) is 0.444. The van der Waals surface area contributed by atoms with Gasteiger partial charge in [-0.1, -0.05) is 0 Å². The van der Waals surface area contributed by atoms with Gasteiger partial charge in [-0.3, -0.25) is 9.59 Å². The molecular weight excluding hydrogens is 216 g/mol. The van der Waals surface area contributed by atoms with Crippen LogP contribution in [-0.2, 0) is 4.79 Å². The number of nitrogens with zero attached hydrogens (tertiary/aromatic N) is 1. The number of aryl methyl sites for hydroxylation is 1. The first-order valence-corrected chi connectivity index (χ1v) is 5.28. The molecule has 0 saturated carbocycles. The zero-order chi connectivity index (χ0) is 11.4. The van der Waals surface area contributed by atoms with E-state index in [1.54, 1.807) is 19.2 Å². The fourth-order valence-electron chi connectivity index (χ4n) is 1.12. The lowest BCUT2D eigenvalue weighted by molar-refractivity contribution is -0.137. The Morgan fingerprint density at radius 2 is 2.33 bits per heavy atom. The van der Waals surface area contributed by atoms with Crippen molar-refractivity contribution in [3.05, 3.63) is 16.6 Å². The van der Waals surface area contributed by atoms with Gasteiger partial charge in [-0.2, -0.15) is 4.37 Å². The maximum atomic E-state index is 11.6. The van der Waals surface area contributed by atoms with Crippen LogP contribution >= 0.6 is 11.5 Å². The van der Waals surface area contributed by atoms with Crippen LogP contribution in [0.3, 0.4) is 0 Å². The van der Waals surface area contributed by atoms with E-state index in [0.29, 0.717) is 11.3 Å². The van der Waals surface area contributed by atoms with E-state index in [1.165, 1.54) is 11.5 Å². The van der Waals surface area contributed by atoms with E-state index in [4.69, 9.17) is 5.11 Å². The van der Waals surface area contributed by atoms with Gasteiger partial charge in [0, 0.05) is 11.4 Å². The van der Waals surface area contributed by atoms with Crippen molar-refractivity contribution in [1.82, 2.24) is 9.69 Å². The van der Waals surface area contributed by atoms with Crippen molar-refractivity contribution in [2.45, 2.75) is 26.3 Å². The number of aliphatic carboxylic acids is 1. The van der Waals surface area contributed by atoms with Crippen LogP contribution in [0.1, 0.15) is 29.4 Å². The van der Waals surface area contributed by atoms with Crippen LogP contribution in [0.4, 0.5) is 0 Å². The normalized spacial score (nSPS) is 12.1. The summed E-state index contributed by atoms with van der Waals surface area (Å²) in [6, 6.07) is -0.380. The van der Waals surface area contributed by atoms with E-state index in [9.17, 15) is 9.59 Å². The lowest BCUT2D eigenvalue weighted by Crippen LogP contribution is -2.34. The molecule has 0 spiro atoms. The molecule has 0 aliphatic heterocycles. The van der Waals surface area contributed by atoms with Crippen LogP contribution < -0.4 is 5.32 Å². The predicted octanol–water partition coefficient (Wildman–Crippen LogP) is 1.04.